The van der Waals surface area contributed by atoms with E-state index in [2.05, 4.69) is 0 Å². The van der Waals surface area contributed by atoms with Crippen molar-refractivity contribution in [1.29, 1.82) is 0 Å². The molecule has 0 amide bonds. The Hall–Kier alpha value is -3.18. The molecule has 0 spiro atoms. The number of carbonyl (C=O) groups excluding carboxylic acids is 3. The number of hydrogen-bond donors (Lipinski definition) is 1. The first-order valence-electron chi connectivity index (χ1n) is 12.5. The minimum absolute atomic E-state index is 0.182. The fraction of sp³-hybridized carbons (Fsp3) is 0.276. The first-order chi connectivity index (χ1) is 19.5. The van der Waals surface area contributed by atoms with Gasteiger partial charge in [0.2, 0.25) is 10.1 Å². The van der Waals surface area contributed by atoms with Gasteiger partial charge in [-0.3, -0.25) is 0 Å². The van der Waals surface area contributed by atoms with Gasteiger partial charge in [-0.2, -0.15) is 0 Å². The zero-order valence-corrected chi connectivity index (χ0v) is 23.9. The molecular formula is C29H26Cl3NO8. The summed E-state index contributed by atoms with van der Waals surface area (Å²) in [5.41, 5.74) is 6.55. The van der Waals surface area contributed by atoms with Crippen LogP contribution in [-0.4, -0.2) is 58.6 Å². The molecule has 0 aromatic heterocycles. The number of benzene rings is 3. The average molecular weight is 623 g/mol. The van der Waals surface area contributed by atoms with Gasteiger partial charge in [0.25, 0.3) is 0 Å². The molecule has 0 aliphatic carbocycles. The van der Waals surface area contributed by atoms with E-state index in [0.29, 0.717) is 0 Å². The van der Waals surface area contributed by atoms with Crippen molar-refractivity contribution in [2.75, 3.05) is 0 Å². The fourth-order valence-electron chi connectivity index (χ4n) is 4.02. The SMILES string of the molecule is CC1O[C@@H](OC(N)C(Cl)(Cl)Cl)C(OC(=O)c2ccccc2)C(OC(=O)c2ccccc2)[C@H]1OC(=O)c1ccccc1. The van der Waals surface area contributed by atoms with Gasteiger partial charge in [-0.25, -0.2) is 14.4 Å². The van der Waals surface area contributed by atoms with Crippen LogP contribution in [0, 0.1) is 0 Å². The van der Waals surface area contributed by atoms with Crippen LogP contribution in [0.25, 0.3) is 0 Å². The standard InChI is InChI=1S/C29H26Cl3NO8/c1-17-21(38-24(34)18-11-5-2-6-12-18)22(39-25(35)19-13-7-3-8-14-19)23(27(37-17)41-28(33)29(30,31)32)40-26(36)20-15-9-4-10-16-20/h2-17,21-23,27-28H,33H2,1H3/t17?,21-,22?,23?,27-,28?/m0/s1. The van der Waals surface area contributed by atoms with Crippen molar-refractivity contribution in [2.24, 2.45) is 5.73 Å². The molecule has 4 rings (SSSR count). The fourth-order valence-corrected chi connectivity index (χ4v) is 4.18. The number of hydrogen-bond acceptors (Lipinski definition) is 9. The summed E-state index contributed by atoms with van der Waals surface area (Å²) in [4.78, 5) is 39.5. The van der Waals surface area contributed by atoms with Crippen molar-refractivity contribution in [3.8, 4) is 0 Å². The maximum atomic E-state index is 13.2. The summed E-state index contributed by atoms with van der Waals surface area (Å²) in [7, 11) is 0. The molecule has 0 saturated carbocycles. The van der Waals surface area contributed by atoms with Crippen LogP contribution >= 0.6 is 34.8 Å². The quantitative estimate of drug-likeness (QED) is 0.159. The van der Waals surface area contributed by atoms with E-state index in [9.17, 15) is 14.4 Å². The maximum Gasteiger partial charge on any atom is 0.338 e. The van der Waals surface area contributed by atoms with E-state index in [1.165, 1.54) is 24.3 Å². The Morgan fingerprint density at radius 1 is 0.683 bits per heavy atom. The molecule has 3 aromatic carbocycles. The minimum Gasteiger partial charge on any atom is -0.452 e. The summed E-state index contributed by atoms with van der Waals surface area (Å²) in [6, 6.07) is 24.3. The van der Waals surface area contributed by atoms with Crippen molar-refractivity contribution in [2.45, 2.75) is 47.7 Å². The van der Waals surface area contributed by atoms with Crippen molar-refractivity contribution in [1.82, 2.24) is 0 Å². The zero-order chi connectivity index (χ0) is 29.6. The molecule has 9 nitrogen and oxygen atoms in total. The van der Waals surface area contributed by atoms with Crippen molar-refractivity contribution in [3.63, 3.8) is 0 Å². The highest BCUT2D eigenvalue weighted by atomic mass is 35.6. The van der Waals surface area contributed by atoms with Gasteiger partial charge in [0.15, 0.2) is 24.5 Å². The molecule has 3 aromatic rings. The molecule has 12 heteroatoms. The van der Waals surface area contributed by atoms with E-state index in [-0.39, 0.29) is 16.7 Å². The van der Waals surface area contributed by atoms with Crippen LogP contribution < -0.4 is 5.73 Å². The third-order valence-corrected chi connectivity index (χ3v) is 6.73. The molecule has 1 heterocycles. The van der Waals surface area contributed by atoms with Crippen LogP contribution in [0.15, 0.2) is 91.0 Å². The van der Waals surface area contributed by atoms with Crippen molar-refractivity contribution in [3.05, 3.63) is 108 Å². The highest BCUT2D eigenvalue weighted by Crippen LogP contribution is 2.35. The van der Waals surface area contributed by atoms with Gasteiger partial charge in [-0.1, -0.05) is 89.4 Å². The summed E-state index contributed by atoms with van der Waals surface area (Å²) < 4.78 is 26.9. The lowest BCUT2D eigenvalue weighted by molar-refractivity contribution is -0.300. The second kappa shape index (κ2) is 13.7. The molecule has 4 unspecified atom stereocenters. The van der Waals surface area contributed by atoms with E-state index in [4.69, 9.17) is 64.2 Å². The van der Waals surface area contributed by atoms with Crippen molar-refractivity contribution < 1.29 is 38.1 Å². The van der Waals surface area contributed by atoms with E-state index in [0.717, 1.165) is 0 Å². The number of rotatable bonds is 8. The number of halogens is 3. The molecule has 0 bridgehead atoms. The summed E-state index contributed by atoms with van der Waals surface area (Å²) in [6.07, 6.45) is -8.21. The van der Waals surface area contributed by atoms with Gasteiger partial charge in [0.1, 0.15) is 0 Å². The lowest BCUT2D eigenvalue weighted by Crippen LogP contribution is -2.62. The highest BCUT2D eigenvalue weighted by molar-refractivity contribution is 6.68. The maximum absolute atomic E-state index is 13.2. The third-order valence-electron chi connectivity index (χ3n) is 6.09. The molecule has 1 fully saturated rings. The van der Waals surface area contributed by atoms with Gasteiger partial charge in [-0.05, 0) is 43.3 Å². The normalized spacial score (nSPS) is 23.2. The predicted octanol–water partition coefficient (Wildman–Crippen LogP) is 5.08. The monoisotopic (exact) mass is 621 g/mol. The predicted molar refractivity (Wildman–Crippen MR) is 151 cm³/mol. The summed E-state index contributed by atoms with van der Waals surface area (Å²) in [5, 5.41) is 0. The molecule has 216 valence electrons. The summed E-state index contributed by atoms with van der Waals surface area (Å²) >= 11 is 17.8. The Kier molecular flexibility index (Phi) is 10.2. The van der Waals surface area contributed by atoms with Gasteiger partial charge in [0, 0.05) is 0 Å². The Bertz CT molecular complexity index is 1320. The lowest BCUT2D eigenvalue weighted by atomic mass is 9.98. The number of alkyl halides is 3. The molecule has 2 N–H and O–H groups in total. The Morgan fingerprint density at radius 3 is 1.44 bits per heavy atom. The van der Waals surface area contributed by atoms with Gasteiger partial charge in [0.05, 0.1) is 22.8 Å². The van der Waals surface area contributed by atoms with Crippen LogP contribution in [0.4, 0.5) is 0 Å². The topological polar surface area (TPSA) is 123 Å². The average Bonchev–Trinajstić information content (AvgIpc) is 2.97. The van der Waals surface area contributed by atoms with E-state index >= 15 is 0 Å². The highest BCUT2D eigenvalue weighted by Gasteiger charge is 2.53. The molecule has 6 atom stereocenters. The van der Waals surface area contributed by atoms with Crippen LogP contribution in [0.2, 0.25) is 0 Å². The summed E-state index contributed by atoms with van der Waals surface area (Å²) in [5.74, 6) is -2.31. The molecule has 1 saturated heterocycles. The molecule has 0 radical (unpaired) electrons. The largest absolute Gasteiger partial charge is 0.452 e. The lowest BCUT2D eigenvalue weighted by Gasteiger charge is -2.44. The van der Waals surface area contributed by atoms with Crippen LogP contribution in [0.5, 0.6) is 0 Å². The number of ether oxygens (including phenoxy) is 5. The first-order valence-corrected chi connectivity index (χ1v) is 13.6. The summed E-state index contributed by atoms with van der Waals surface area (Å²) in [6.45, 7) is 1.55. The van der Waals surface area contributed by atoms with Crippen LogP contribution in [0.1, 0.15) is 38.0 Å². The second-order valence-electron chi connectivity index (χ2n) is 9.02. The smallest absolute Gasteiger partial charge is 0.338 e. The minimum atomic E-state index is -2.09. The zero-order valence-electron chi connectivity index (χ0n) is 21.6. The molecule has 1 aliphatic rings. The van der Waals surface area contributed by atoms with Gasteiger partial charge < -0.3 is 29.4 Å². The van der Waals surface area contributed by atoms with E-state index in [1.807, 2.05) is 0 Å². The van der Waals surface area contributed by atoms with Crippen LogP contribution in [-0.2, 0) is 23.7 Å². The third kappa shape index (κ3) is 7.97. The number of carbonyl (C=O) groups is 3. The number of nitrogens with two attached hydrogens (primary N) is 1. The number of esters is 3. The van der Waals surface area contributed by atoms with Crippen molar-refractivity contribution >= 4 is 52.7 Å². The molecule has 41 heavy (non-hydrogen) atoms. The van der Waals surface area contributed by atoms with E-state index < -0.39 is 58.6 Å². The Balaban J connectivity index is 1.72. The van der Waals surface area contributed by atoms with E-state index in [1.54, 1.807) is 73.7 Å². The second-order valence-corrected chi connectivity index (χ2v) is 11.4. The van der Waals surface area contributed by atoms with Gasteiger partial charge >= 0.3 is 17.9 Å². The van der Waals surface area contributed by atoms with Gasteiger partial charge in [-0.15, -0.1) is 0 Å². The Morgan fingerprint density at radius 2 is 1.05 bits per heavy atom. The van der Waals surface area contributed by atoms with Crippen LogP contribution in [0.3, 0.4) is 0 Å². The first kappa shape index (κ1) is 30.8. The molecule has 1 aliphatic heterocycles. The Labute approximate surface area is 251 Å². The molecular weight excluding hydrogens is 597 g/mol.